The van der Waals surface area contributed by atoms with Crippen LogP contribution in [-0.4, -0.2) is 56.4 Å². The van der Waals surface area contributed by atoms with E-state index in [1.165, 1.54) is 13.3 Å². The molecule has 7 heteroatoms. The molecule has 2 fully saturated rings. The summed E-state index contributed by atoms with van der Waals surface area (Å²) in [4.78, 5) is 37.0. The second-order valence-corrected chi connectivity index (χ2v) is 6.96. The van der Waals surface area contributed by atoms with E-state index in [4.69, 9.17) is 0 Å². The molecule has 2 aromatic rings. The van der Waals surface area contributed by atoms with E-state index in [1.54, 1.807) is 17.7 Å². The molecule has 2 aliphatic rings. The molecule has 2 aliphatic heterocycles. The van der Waals surface area contributed by atoms with Crippen LogP contribution in [0.25, 0.3) is 11.0 Å². The predicted octanol–water partition coefficient (Wildman–Crippen LogP) is 2.07. The van der Waals surface area contributed by atoms with Crippen LogP contribution in [0.4, 0.5) is 5.82 Å². The molecule has 0 bridgehead atoms. The summed E-state index contributed by atoms with van der Waals surface area (Å²) in [5, 5.41) is 0.902. The third kappa shape index (κ3) is 2.58. The van der Waals surface area contributed by atoms with E-state index in [2.05, 4.69) is 14.9 Å². The lowest BCUT2D eigenvalue weighted by Gasteiger charge is -2.33. The molecule has 1 amide bonds. The van der Waals surface area contributed by atoms with Crippen LogP contribution in [0, 0.1) is 0 Å². The number of carbonyl (C=O) groups excluding carboxylic acids is 2. The molecule has 0 unspecified atom stereocenters. The predicted molar refractivity (Wildman–Crippen MR) is 94.6 cm³/mol. The summed E-state index contributed by atoms with van der Waals surface area (Å²) in [5.74, 6) is 0.981. The summed E-state index contributed by atoms with van der Waals surface area (Å²) in [7, 11) is 0. The Balaban J connectivity index is 1.77. The zero-order chi connectivity index (χ0) is 17.6. The first-order chi connectivity index (χ1) is 12.1. The number of amides is 1. The summed E-state index contributed by atoms with van der Waals surface area (Å²) >= 11 is 0. The summed E-state index contributed by atoms with van der Waals surface area (Å²) in [6, 6.07) is 2.45. The normalized spacial score (nSPS) is 23.6. The molecule has 0 aliphatic carbocycles. The third-order valence-electron chi connectivity index (χ3n) is 5.54. The maximum absolute atomic E-state index is 12.0. The van der Waals surface area contributed by atoms with Crippen LogP contribution in [0.5, 0.6) is 0 Å². The van der Waals surface area contributed by atoms with Gasteiger partial charge in [-0.3, -0.25) is 14.2 Å². The fourth-order valence-electron chi connectivity index (χ4n) is 4.43. The van der Waals surface area contributed by atoms with E-state index in [-0.39, 0.29) is 23.9 Å². The average molecular weight is 341 g/mol. The Morgan fingerprint density at radius 3 is 2.64 bits per heavy atom. The highest BCUT2D eigenvalue weighted by atomic mass is 16.2. The Bertz CT molecular complexity index is 830. The summed E-state index contributed by atoms with van der Waals surface area (Å²) in [6.07, 6.45) is 7.50. The van der Waals surface area contributed by atoms with E-state index in [9.17, 15) is 9.59 Å². The number of carbonyl (C=O) groups is 2. The Labute approximate surface area is 146 Å². The Hall–Kier alpha value is -2.44. The highest BCUT2D eigenvalue weighted by molar-refractivity contribution is 5.94. The monoisotopic (exact) mass is 341 g/mol. The van der Waals surface area contributed by atoms with Crippen LogP contribution in [-0.2, 0) is 4.79 Å². The number of aromatic nitrogens is 3. The molecule has 0 N–H and O–H groups in total. The lowest BCUT2D eigenvalue weighted by Crippen LogP contribution is -2.45. The summed E-state index contributed by atoms with van der Waals surface area (Å²) in [5.41, 5.74) is 0.653. The molecule has 2 atom stereocenters. The number of anilines is 1. The Morgan fingerprint density at radius 2 is 1.88 bits per heavy atom. The van der Waals surface area contributed by atoms with Crippen molar-refractivity contribution in [3.05, 3.63) is 18.6 Å². The standard InChI is InChI=1S/C18H23N5O2/c1-12(24)21-10-7-16-15(21)5-3-4-8-23(16)18-14-6-9-22(13(2)25)17(14)19-11-20-18/h6,9,11,15-16H,3-5,7-8,10H2,1-2H3/t15-,16-/m0/s1. The highest BCUT2D eigenvalue weighted by Crippen LogP contribution is 2.35. The van der Waals surface area contributed by atoms with Crippen molar-refractivity contribution in [3.8, 4) is 0 Å². The lowest BCUT2D eigenvalue weighted by molar-refractivity contribution is -0.129. The molecular formula is C18H23N5O2. The van der Waals surface area contributed by atoms with Crippen molar-refractivity contribution in [2.24, 2.45) is 0 Å². The lowest BCUT2D eigenvalue weighted by atomic mass is 10.0. The van der Waals surface area contributed by atoms with Gasteiger partial charge in [0.25, 0.3) is 0 Å². The van der Waals surface area contributed by atoms with Gasteiger partial charge in [0.15, 0.2) is 5.65 Å². The van der Waals surface area contributed by atoms with Gasteiger partial charge in [-0.15, -0.1) is 0 Å². The molecule has 25 heavy (non-hydrogen) atoms. The van der Waals surface area contributed by atoms with Crippen molar-refractivity contribution >= 4 is 28.7 Å². The van der Waals surface area contributed by atoms with Crippen LogP contribution in [0.3, 0.4) is 0 Å². The SMILES string of the molecule is CC(=O)N1CC[C@H]2[C@@H]1CCCCN2c1ncnc2c1ccn2C(C)=O. The van der Waals surface area contributed by atoms with Gasteiger partial charge < -0.3 is 9.80 Å². The van der Waals surface area contributed by atoms with E-state index >= 15 is 0 Å². The van der Waals surface area contributed by atoms with Gasteiger partial charge in [0.05, 0.1) is 17.5 Å². The van der Waals surface area contributed by atoms with Crippen molar-refractivity contribution in [2.45, 2.75) is 51.6 Å². The maximum Gasteiger partial charge on any atom is 0.229 e. The van der Waals surface area contributed by atoms with Crippen molar-refractivity contribution in [1.82, 2.24) is 19.4 Å². The van der Waals surface area contributed by atoms with Crippen molar-refractivity contribution in [3.63, 3.8) is 0 Å². The molecular weight excluding hydrogens is 318 g/mol. The molecule has 4 heterocycles. The van der Waals surface area contributed by atoms with Crippen molar-refractivity contribution < 1.29 is 9.59 Å². The van der Waals surface area contributed by atoms with Gasteiger partial charge in [-0.05, 0) is 31.7 Å². The first-order valence-corrected chi connectivity index (χ1v) is 8.95. The number of hydrogen-bond acceptors (Lipinski definition) is 5. The third-order valence-corrected chi connectivity index (χ3v) is 5.54. The smallest absolute Gasteiger partial charge is 0.229 e. The zero-order valence-corrected chi connectivity index (χ0v) is 14.7. The van der Waals surface area contributed by atoms with Crippen LogP contribution in [0.2, 0.25) is 0 Å². The number of likely N-dealkylation sites (tertiary alicyclic amines) is 1. The molecule has 0 aromatic carbocycles. The van der Waals surface area contributed by atoms with Gasteiger partial charge in [0, 0.05) is 33.1 Å². The Morgan fingerprint density at radius 1 is 1.04 bits per heavy atom. The van der Waals surface area contributed by atoms with Gasteiger partial charge in [-0.2, -0.15) is 0 Å². The summed E-state index contributed by atoms with van der Waals surface area (Å²) in [6.45, 7) is 4.92. The maximum atomic E-state index is 12.0. The second-order valence-electron chi connectivity index (χ2n) is 6.96. The summed E-state index contributed by atoms with van der Waals surface area (Å²) < 4.78 is 1.56. The second kappa shape index (κ2) is 6.13. The minimum Gasteiger partial charge on any atom is -0.351 e. The number of fused-ring (bicyclic) bond motifs is 2. The molecule has 2 aromatic heterocycles. The van der Waals surface area contributed by atoms with E-state index in [0.29, 0.717) is 5.65 Å². The number of hydrogen-bond donors (Lipinski definition) is 0. The van der Waals surface area contributed by atoms with Crippen LogP contribution in [0.15, 0.2) is 18.6 Å². The fraction of sp³-hybridized carbons (Fsp3) is 0.556. The zero-order valence-electron chi connectivity index (χ0n) is 14.7. The molecule has 132 valence electrons. The van der Waals surface area contributed by atoms with Gasteiger partial charge in [-0.1, -0.05) is 0 Å². The first-order valence-electron chi connectivity index (χ1n) is 8.95. The van der Waals surface area contributed by atoms with Crippen LogP contribution in [0.1, 0.15) is 44.3 Å². The van der Waals surface area contributed by atoms with Crippen molar-refractivity contribution in [2.75, 3.05) is 18.0 Å². The van der Waals surface area contributed by atoms with Crippen LogP contribution < -0.4 is 4.90 Å². The minimum atomic E-state index is -0.0583. The van der Waals surface area contributed by atoms with Gasteiger partial charge in [0.2, 0.25) is 11.8 Å². The van der Waals surface area contributed by atoms with Crippen LogP contribution >= 0.6 is 0 Å². The Kier molecular flexibility index (Phi) is 3.94. The topological polar surface area (TPSA) is 71.3 Å². The fourth-order valence-corrected chi connectivity index (χ4v) is 4.43. The van der Waals surface area contributed by atoms with Gasteiger partial charge in [-0.25, -0.2) is 9.97 Å². The molecule has 4 rings (SSSR count). The van der Waals surface area contributed by atoms with E-state index in [1.807, 2.05) is 11.0 Å². The van der Waals surface area contributed by atoms with Gasteiger partial charge >= 0.3 is 0 Å². The molecule has 0 spiro atoms. The van der Waals surface area contributed by atoms with Gasteiger partial charge in [0.1, 0.15) is 12.1 Å². The average Bonchev–Trinajstić information content (AvgIpc) is 3.14. The first kappa shape index (κ1) is 16.1. The quantitative estimate of drug-likeness (QED) is 0.794. The highest BCUT2D eigenvalue weighted by Gasteiger charge is 2.40. The molecule has 7 nitrogen and oxygen atoms in total. The van der Waals surface area contributed by atoms with E-state index < -0.39 is 0 Å². The van der Waals surface area contributed by atoms with Crippen molar-refractivity contribution in [1.29, 1.82) is 0 Å². The van der Waals surface area contributed by atoms with E-state index in [0.717, 1.165) is 50.0 Å². The largest absolute Gasteiger partial charge is 0.351 e. The number of rotatable bonds is 1. The number of nitrogens with zero attached hydrogens (tertiary/aromatic N) is 5. The minimum absolute atomic E-state index is 0.0583. The molecule has 0 radical (unpaired) electrons. The molecule has 2 saturated heterocycles. The molecule has 0 saturated carbocycles.